The minimum atomic E-state index is -0.914. The Balaban J connectivity index is 1.57. The Bertz CT molecular complexity index is 558. The van der Waals surface area contributed by atoms with Crippen LogP contribution in [0.25, 0.3) is 0 Å². The number of fused-ring (bicyclic) bond motifs is 2. The summed E-state index contributed by atoms with van der Waals surface area (Å²) in [7, 11) is 0. The molecule has 2 bridgehead atoms. The summed E-state index contributed by atoms with van der Waals surface area (Å²) in [5.74, 6) is -0.343. The Hall–Kier alpha value is -1.14. The summed E-state index contributed by atoms with van der Waals surface area (Å²) in [5, 5.41) is 25.9. The third-order valence-corrected chi connectivity index (χ3v) is 7.91. The van der Waals surface area contributed by atoms with Gasteiger partial charge in [-0.15, -0.1) is 0 Å². The number of rotatable bonds is 6. The van der Waals surface area contributed by atoms with Crippen LogP contribution in [-0.2, 0) is 9.59 Å². The maximum Gasteiger partial charge on any atom is 0.245 e. The molecule has 5 atom stereocenters. The molecule has 2 amide bonds. The van der Waals surface area contributed by atoms with Gasteiger partial charge in [-0.25, -0.2) is 0 Å². The van der Waals surface area contributed by atoms with E-state index in [4.69, 9.17) is 0 Å². The van der Waals surface area contributed by atoms with Crippen LogP contribution in [0, 0.1) is 22.7 Å². The highest BCUT2D eigenvalue weighted by Crippen LogP contribution is 2.68. The zero-order chi connectivity index (χ0) is 19.1. The summed E-state index contributed by atoms with van der Waals surface area (Å²) in [6.45, 7) is 6.10. The van der Waals surface area contributed by atoms with Gasteiger partial charge in [-0.05, 0) is 48.3 Å². The van der Waals surface area contributed by atoms with Gasteiger partial charge < -0.3 is 20.8 Å². The Morgan fingerprint density at radius 3 is 2.35 bits per heavy atom. The second-order valence-electron chi connectivity index (χ2n) is 9.39. The molecule has 3 aliphatic carbocycles. The summed E-state index contributed by atoms with van der Waals surface area (Å²) in [4.78, 5) is 24.8. The van der Waals surface area contributed by atoms with Crippen LogP contribution in [0.1, 0.15) is 65.7 Å². The largest absolute Gasteiger partial charge is 0.394 e. The minimum absolute atomic E-state index is 0.00753. The van der Waals surface area contributed by atoms with Gasteiger partial charge in [0.25, 0.3) is 0 Å². The van der Waals surface area contributed by atoms with Crippen molar-refractivity contribution in [1.82, 2.24) is 10.6 Å². The van der Waals surface area contributed by atoms with E-state index in [-0.39, 0.29) is 41.0 Å². The van der Waals surface area contributed by atoms with Crippen LogP contribution in [-0.4, -0.2) is 46.8 Å². The minimum Gasteiger partial charge on any atom is -0.394 e. The number of hydrogen-bond acceptors (Lipinski definition) is 4. The molecule has 6 heteroatoms. The maximum atomic E-state index is 12.5. The van der Waals surface area contributed by atoms with Crippen molar-refractivity contribution in [2.24, 2.45) is 22.7 Å². The molecule has 5 unspecified atom stereocenters. The number of aliphatic hydroxyl groups is 2. The summed E-state index contributed by atoms with van der Waals surface area (Å²) < 4.78 is 0. The Morgan fingerprint density at radius 2 is 1.81 bits per heavy atom. The molecule has 6 nitrogen and oxygen atoms in total. The fraction of sp³-hybridized carbons (Fsp3) is 0.900. The van der Waals surface area contributed by atoms with Gasteiger partial charge in [-0.2, -0.15) is 0 Å². The van der Waals surface area contributed by atoms with E-state index in [0.29, 0.717) is 5.92 Å². The standard InChI is InChI=1S/C20H34N2O4/c1-19(2)14-8-9-20(19,3)17(25)13(14)10-16(24)22-15(11-23)18(26)21-12-6-4-5-7-12/h12-15,17,23,25H,4-11H2,1-3H3,(H,21,26)(H,22,24). The average Bonchev–Trinajstić information content (AvgIpc) is 3.20. The third-order valence-electron chi connectivity index (χ3n) is 7.91. The lowest BCUT2D eigenvalue weighted by molar-refractivity contribution is -0.131. The van der Waals surface area contributed by atoms with Gasteiger partial charge in [0.2, 0.25) is 11.8 Å². The molecule has 148 valence electrons. The topological polar surface area (TPSA) is 98.7 Å². The lowest BCUT2D eigenvalue weighted by Gasteiger charge is -2.37. The van der Waals surface area contributed by atoms with E-state index in [1.54, 1.807) is 0 Å². The van der Waals surface area contributed by atoms with Crippen LogP contribution in [0.4, 0.5) is 0 Å². The van der Waals surface area contributed by atoms with Crippen molar-refractivity contribution in [3.63, 3.8) is 0 Å². The lowest BCUT2D eigenvalue weighted by atomic mass is 9.70. The monoisotopic (exact) mass is 366 g/mol. The van der Waals surface area contributed by atoms with Gasteiger partial charge in [0.05, 0.1) is 12.7 Å². The van der Waals surface area contributed by atoms with Gasteiger partial charge in [0.15, 0.2) is 0 Å². The van der Waals surface area contributed by atoms with E-state index < -0.39 is 18.8 Å². The molecule has 0 aromatic rings. The predicted octanol–water partition coefficient (Wildman–Crippen LogP) is 1.35. The van der Waals surface area contributed by atoms with Crippen LogP contribution in [0.15, 0.2) is 0 Å². The second kappa shape index (κ2) is 7.12. The van der Waals surface area contributed by atoms with Crippen molar-refractivity contribution in [2.45, 2.75) is 83.9 Å². The molecule has 0 aromatic heterocycles. The summed E-state index contributed by atoms with van der Waals surface area (Å²) >= 11 is 0. The van der Waals surface area contributed by atoms with Crippen molar-refractivity contribution < 1.29 is 19.8 Å². The summed E-state index contributed by atoms with van der Waals surface area (Å²) in [6, 6.07) is -0.760. The molecule has 3 rings (SSSR count). The number of amides is 2. The Kier molecular flexibility index (Phi) is 5.37. The molecule has 3 aliphatic rings. The van der Waals surface area contributed by atoms with Crippen LogP contribution in [0.5, 0.6) is 0 Å². The SMILES string of the molecule is CC1(C)C2CCC1(C)C(O)C2CC(=O)NC(CO)C(=O)NC1CCCC1. The van der Waals surface area contributed by atoms with E-state index in [0.717, 1.165) is 38.5 Å². The quantitative estimate of drug-likeness (QED) is 0.570. The molecule has 3 fully saturated rings. The highest BCUT2D eigenvalue weighted by molar-refractivity contribution is 5.88. The first-order valence-corrected chi connectivity index (χ1v) is 10.1. The first-order valence-electron chi connectivity index (χ1n) is 10.1. The first kappa shape index (κ1) is 19.6. The molecule has 0 heterocycles. The zero-order valence-corrected chi connectivity index (χ0v) is 16.3. The normalized spacial score (nSPS) is 36.9. The predicted molar refractivity (Wildman–Crippen MR) is 98.1 cm³/mol. The fourth-order valence-corrected chi connectivity index (χ4v) is 5.82. The van der Waals surface area contributed by atoms with Crippen molar-refractivity contribution in [3.05, 3.63) is 0 Å². The number of nitrogens with one attached hydrogen (secondary N) is 2. The number of carbonyl (C=O) groups excluding carboxylic acids is 2. The lowest BCUT2D eigenvalue weighted by Crippen LogP contribution is -2.51. The molecule has 0 saturated heterocycles. The molecule has 4 N–H and O–H groups in total. The number of aliphatic hydroxyl groups excluding tert-OH is 2. The molecular weight excluding hydrogens is 332 g/mol. The van der Waals surface area contributed by atoms with Gasteiger partial charge >= 0.3 is 0 Å². The molecule has 3 saturated carbocycles. The Labute approximate surface area is 156 Å². The van der Waals surface area contributed by atoms with Crippen molar-refractivity contribution in [1.29, 1.82) is 0 Å². The van der Waals surface area contributed by atoms with E-state index >= 15 is 0 Å². The third kappa shape index (κ3) is 3.15. The molecule has 26 heavy (non-hydrogen) atoms. The average molecular weight is 367 g/mol. The van der Waals surface area contributed by atoms with Gasteiger partial charge in [-0.1, -0.05) is 33.6 Å². The van der Waals surface area contributed by atoms with E-state index in [1.165, 1.54) is 0 Å². The van der Waals surface area contributed by atoms with Crippen LogP contribution in [0.3, 0.4) is 0 Å². The molecule has 0 spiro atoms. The smallest absolute Gasteiger partial charge is 0.245 e. The second-order valence-corrected chi connectivity index (χ2v) is 9.39. The first-order chi connectivity index (χ1) is 12.2. The van der Waals surface area contributed by atoms with Crippen molar-refractivity contribution in [3.8, 4) is 0 Å². The maximum absolute atomic E-state index is 12.5. The van der Waals surface area contributed by atoms with Crippen LogP contribution in [0.2, 0.25) is 0 Å². The van der Waals surface area contributed by atoms with Crippen molar-refractivity contribution in [2.75, 3.05) is 6.61 Å². The van der Waals surface area contributed by atoms with Gasteiger partial charge in [0, 0.05) is 12.5 Å². The Morgan fingerprint density at radius 1 is 1.15 bits per heavy atom. The highest BCUT2D eigenvalue weighted by Gasteiger charge is 2.65. The highest BCUT2D eigenvalue weighted by atomic mass is 16.3. The molecular formula is C20H34N2O4. The van der Waals surface area contributed by atoms with Crippen molar-refractivity contribution >= 4 is 11.8 Å². The number of hydrogen-bond donors (Lipinski definition) is 4. The fourth-order valence-electron chi connectivity index (χ4n) is 5.82. The molecule has 0 aliphatic heterocycles. The zero-order valence-electron chi connectivity index (χ0n) is 16.3. The summed E-state index contributed by atoms with van der Waals surface area (Å²) in [5.41, 5.74) is -0.146. The summed E-state index contributed by atoms with van der Waals surface area (Å²) in [6.07, 6.45) is 5.87. The van der Waals surface area contributed by atoms with E-state index in [9.17, 15) is 19.8 Å². The van der Waals surface area contributed by atoms with E-state index in [2.05, 4.69) is 31.4 Å². The molecule has 0 aromatic carbocycles. The molecule has 0 radical (unpaired) electrons. The van der Waals surface area contributed by atoms with Crippen LogP contribution >= 0.6 is 0 Å². The van der Waals surface area contributed by atoms with E-state index in [1.807, 2.05) is 0 Å². The van der Waals surface area contributed by atoms with Gasteiger partial charge in [0.1, 0.15) is 6.04 Å². The van der Waals surface area contributed by atoms with Crippen LogP contribution < -0.4 is 10.6 Å². The van der Waals surface area contributed by atoms with Gasteiger partial charge in [-0.3, -0.25) is 9.59 Å². The number of carbonyl (C=O) groups is 2.